The summed E-state index contributed by atoms with van der Waals surface area (Å²) in [5.74, 6) is 0.235. The molecule has 9 rings (SSSR count). The van der Waals surface area contributed by atoms with Crippen molar-refractivity contribution in [3.8, 4) is 11.1 Å². The molecule has 2 aliphatic carbocycles. The third-order valence-corrected chi connectivity index (χ3v) is 10.8. The number of nitrogens with one attached hydrogen (secondary N) is 1. The molecule has 3 heteroatoms. The van der Waals surface area contributed by atoms with Gasteiger partial charge in [-0.3, -0.25) is 0 Å². The lowest BCUT2D eigenvalue weighted by Crippen LogP contribution is -2.41. The van der Waals surface area contributed by atoms with E-state index in [0.29, 0.717) is 0 Å². The van der Waals surface area contributed by atoms with Crippen molar-refractivity contribution in [3.63, 3.8) is 0 Å². The van der Waals surface area contributed by atoms with Gasteiger partial charge < -0.3 is 9.73 Å². The van der Waals surface area contributed by atoms with Crippen LogP contribution in [0.25, 0.3) is 22.1 Å². The van der Waals surface area contributed by atoms with Crippen molar-refractivity contribution < 1.29 is 4.42 Å². The van der Waals surface area contributed by atoms with E-state index >= 15 is 0 Å². The molecule has 6 aromatic rings. The van der Waals surface area contributed by atoms with Gasteiger partial charge in [0, 0.05) is 23.1 Å². The van der Waals surface area contributed by atoms with Gasteiger partial charge in [-0.2, -0.15) is 0 Å². The average Bonchev–Trinajstić information content (AvgIpc) is 3.52. The Hall–Kier alpha value is -5.98. The fourth-order valence-corrected chi connectivity index (χ4v) is 8.62. The van der Waals surface area contributed by atoms with E-state index < -0.39 is 5.41 Å². The third-order valence-electron chi connectivity index (χ3n) is 10.8. The van der Waals surface area contributed by atoms with Crippen molar-refractivity contribution in [2.75, 3.05) is 5.32 Å². The number of furan rings is 1. The third kappa shape index (κ3) is 5.22. The van der Waals surface area contributed by atoms with Crippen molar-refractivity contribution in [1.82, 2.24) is 0 Å². The zero-order valence-electron chi connectivity index (χ0n) is 28.9. The van der Waals surface area contributed by atoms with Gasteiger partial charge in [0.2, 0.25) is 7.28 Å². The number of anilines is 2. The molecule has 1 N–H and O–H groups in total. The maximum Gasteiger partial charge on any atom is 0.242 e. The molecule has 5 aromatic carbocycles. The second-order valence-electron chi connectivity index (χ2n) is 13.9. The first-order valence-electron chi connectivity index (χ1n) is 17.8. The lowest BCUT2D eigenvalue weighted by Gasteiger charge is -2.47. The monoisotopic (exact) mass is 654 g/mol. The van der Waals surface area contributed by atoms with E-state index in [1.807, 2.05) is 18.2 Å². The van der Waals surface area contributed by atoms with Gasteiger partial charge in [0.15, 0.2) is 0 Å². The molecule has 0 saturated carbocycles. The molecule has 0 fully saturated rings. The summed E-state index contributed by atoms with van der Waals surface area (Å²) >= 11 is 0. The number of fused-ring (bicyclic) bond motifs is 3. The Morgan fingerprint density at radius 1 is 0.824 bits per heavy atom. The van der Waals surface area contributed by atoms with Crippen LogP contribution in [0.4, 0.5) is 11.4 Å². The summed E-state index contributed by atoms with van der Waals surface area (Å²) in [6.45, 7) is 4.42. The molecule has 3 aliphatic rings. The van der Waals surface area contributed by atoms with Gasteiger partial charge in [-0.1, -0.05) is 149 Å². The lowest BCUT2D eigenvalue weighted by atomic mass is 9.57. The van der Waals surface area contributed by atoms with E-state index in [1.54, 1.807) is 0 Å². The second kappa shape index (κ2) is 12.7. The standard InChI is InChI=1S/C48H37BNO/c1-32-29-33(2)45(49-47-40(31-34-17-6-3-7-18-34)37-23-12-15-28-44(37)51-47)39(30-32)38-24-16-26-42-46(38)50-43-27-14-13-25-41(43)48(42,35-19-8-4-9-20-35)36-21-10-5-11-22-36/h4-6,8-21,23-30,36,50H,22,31H2,1-2H3. The highest BCUT2D eigenvalue weighted by Gasteiger charge is 2.47. The predicted molar refractivity (Wildman–Crippen MR) is 213 cm³/mol. The minimum Gasteiger partial charge on any atom is -0.471 e. The van der Waals surface area contributed by atoms with Crippen LogP contribution in [0.15, 0.2) is 173 Å². The summed E-state index contributed by atoms with van der Waals surface area (Å²) in [7, 11) is 2.27. The highest BCUT2D eigenvalue weighted by molar-refractivity contribution is 6.69. The number of hydrogen-bond donors (Lipinski definition) is 1. The maximum atomic E-state index is 6.68. The summed E-state index contributed by atoms with van der Waals surface area (Å²) in [5.41, 5.74) is 22.1. The number of para-hydroxylation sites is 3. The number of hydrogen-bond acceptors (Lipinski definition) is 2. The molecule has 243 valence electrons. The van der Waals surface area contributed by atoms with Gasteiger partial charge in [-0.25, -0.2) is 0 Å². The van der Waals surface area contributed by atoms with E-state index in [0.717, 1.165) is 46.3 Å². The molecule has 2 atom stereocenters. The zero-order valence-corrected chi connectivity index (χ0v) is 28.9. The highest BCUT2D eigenvalue weighted by Crippen LogP contribution is 2.57. The van der Waals surface area contributed by atoms with Gasteiger partial charge in [-0.05, 0) is 89.9 Å². The first-order valence-corrected chi connectivity index (χ1v) is 17.8. The molecule has 51 heavy (non-hydrogen) atoms. The molecule has 1 aromatic heterocycles. The number of allylic oxidation sites excluding steroid dienone is 8. The molecule has 0 spiro atoms. The fraction of sp³-hybridized carbons (Fsp3) is 0.125. The Bertz CT molecular complexity index is 2530. The number of benzene rings is 5. The van der Waals surface area contributed by atoms with Crippen molar-refractivity contribution in [3.05, 3.63) is 202 Å². The summed E-state index contributed by atoms with van der Waals surface area (Å²) in [6, 6.07) is 39.9. The molecule has 2 heterocycles. The first-order chi connectivity index (χ1) is 25.1. The summed E-state index contributed by atoms with van der Waals surface area (Å²) < 4.78 is 6.68. The van der Waals surface area contributed by atoms with Crippen LogP contribution >= 0.6 is 0 Å². The van der Waals surface area contributed by atoms with Crippen LogP contribution in [0.2, 0.25) is 0 Å². The van der Waals surface area contributed by atoms with Crippen LogP contribution in [0.1, 0.15) is 39.8 Å². The van der Waals surface area contributed by atoms with Crippen LogP contribution in [0.3, 0.4) is 0 Å². The Morgan fingerprint density at radius 2 is 1.65 bits per heavy atom. The van der Waals surface area contributed by atoms with E-state index in [-0.39, 0.29) is 5.92 Å². The van der Waals surface area contributed by atoms with E-state index in [1.165, 1.54) is 50.1 Å². The van der Waals surface area contributed by atoms with Crippen molar-refractivity contribution in [2.45, 2.75) is 32.1 Å². The van der Waals surface area contributed by atoms with Gasteiger partial charge in [0.25, 0.3) is 0 Å². The highest BCUT2D eigenvalue weighted by atomic mass is 16.3. The van der Waals surface area contributed by atoms with E-state index in [4.69, 9.17) is 4.42 Å². The molecule has 0 saturated heterocycles. The van der Waals surface area contributed by atoms with Crippen molar-refractivity contribution in [1.29, 1.82) is 0 Å². The zero-order chi connectivity index (χ0) is 34.4. The minimum atomic E-state index is -0.394. The Morgan fingerprint density at radius 3 is 2.49 bits per heavy atom. The predicted octanol–water partition coefficient (Wildman–Crippen LogP) is 10.2. The van der Waals surface area contributed by atoms with Crippen LogP contribution < -0.4 is 16.4 Å². The fourth-order valence-electron chi connectivity index (χ4n) is 8.62. The molecule has 2 unspecified atom stereocenters. The van der Waals surface area contributed by atoms with Gasteiger partial charge >= 0.3 is 0 Å². The normalized spacial score (nSPS) is 18.3. The second-order valence-corrected chi connectivity index (χ2v) is 13.9. The van der Waals surface area contributed by atoms with Gasteiger partial charge in [0.1, 0.15) is 5.58 Å². The van der Waals surface area contributed by atoms with Crippen LogP contribution in [0, 0.1) is 19.8 Å². The van der Waals surface area contributed by atoms with Crippen molar-refractivity contribution in [2.24, 2.45) is 5.92 Å². The van der Waals surface area contributed by atoms with Gasteiger partial charge in [-0.15, -0.1) is 0 Å². The molecule has 0 amide bonds. The quantitative estimate of drug-likeness (QED) is 0.137. The topological polar surface area (TPSA) is 25.2 Å². The lowest BCUT2D eigenvalue weighted by molar-refractivity contribution is 0.447. The van der Waals surface area contributed by atoms with Gasteiger partial charge in [0.05, 0.1) is 16.8 Å². The summed E-state index contributed by atoms with van der Waals surface area (Å²) in [6.07, 6.45) is 16.9. The molecule has 1 aliphatic heterocycles. The Kier molecular flexibility index (Phi) is 7.74. The Labute approximate surface area is 300 Å². The Balaban J connectivity index is 1.26. The van der Waals surface area contributed by atoms with Crippen LogP contribution in [0.5, 0.6) is 0 Å². The minimum absolute atomic E-state index is 0.235. The van der Waals surface area contributed by atoms with Crippen LogP contribution in [-0.4, -0.2) is 7.28 Å². The van der Waals surface area contributed by atoms with E-state index in [2.05, 4.69) is 171 Å². The van der Waals surface area contributed by atoms with E-state index in [9.17, 15) is 0 Å². The SMILES string of the molecule is Cc1cc(C)c([B]c2oc3ccccc3c2CC2=CC=C=C=C2)c(-c2cccc3c2Nc2ccccc2C3(c2ccccc2)C2C=CC=CC2)c1. The maximum absolute atomic E-state index is 6.68. The molecular weight excluding hydrogens is 617 g/mol. The number of rotatable bonds is 7. The number of aryl methyl sites for hydroxylation is 2. The van der Waals surface area contributed by atoms with Crippen LogP contribution in [-0.2, 0) is 11.8 Å². The smallest absolute Gasteiger partial charge is 0.242 e. The summed E-state index contributed by atoms with van der Waals surface area (Å²) in [4.78, 5) is 0. The summed E-state index contributed by atoms with van der Waals surface area (Å²) in [5, 5.41) is 5.12. The largest absolute Gasteiger partial charge is 0.471 e. The molecule has 1 radical (unpaired) electrons. The first kappa shape index (κ1) is 31.0. The average molecular weight is 655 g/mol. The molecular formula is C48H37BNO. The molecule has 0 bridgehead atoms. The molecule has 2 nitrogen and oxygen atoms in total. The van der Waals surface area contributed by atoms with Crippen molar-refractivity contribution >= 4 is 40.7 Å².